The maximum Gasteiger partial charge on any atom is 0.570 e. The van der Waals surface area contributed by atoms with Crippen LogP contribution in [-0.2, 0) is 18.1 Å². The van der Waals surface area contributed by atoms with E-state index in [0.717, 1.165) is 0 Å². The van der Waals surface area contributed by atoms with Gasteiger partial charge in [-0.25, -0.2) is 0 Å². The zero-order valence-electron chi connectivity index (χ0n) is 10.4. The van der Waals surface area contributed by atoms with Crippen molar-refractivity contribution < 1.29 is 18.1 Å². The lowest BCUT2D eigenvalue weighted by Crippen LogP contribution is -2.49. The maximum atomic E-state index is 10.6. The summed E-state index contributed by atoms with van der Waals surface area (Å²) in [6, 6.07) is 0. The molecule has 0 aromatic rings. The SMILES string of the molecule is CO[Si](OC)(OC=O)C(C)C1CCCCC1. The summed E-state index contributed by atoms with van der Waals surface area (Å²) < 4.78 is 16.0. The van der Waals surface area contributed by atoms with E-state index in [0.29, 0.717) is 12.4 Å². The van der Waals surface area contributed by atoms with Crippen molar-refractivity contribution in [2.75, 3.05) is 14.2 Å². The van der Waals surface area contributed by atoms with Gasteiger partial charge in [0.15, 0.2) is 0 Å². The molecule has 0 N–H and O–H groups in total. The second-order valence-corrected chi connectivity index (χ2v) is 7.58. The average Bonchev–Trinajstić information content (AvgIpc) is 2.36. The van der Waals surface area contributed by atoms with E-state index >= 15 is 0 Å². The van der Waals surface area contributed by atoms with E-state index in [-0.39, 0.29) is 5.54 Å². The Bertz CT molecular complexity index is 212. The van der Waals surface area contributed by atoms with Gasteiger partial charge in [-0.1, -0.05) is 39.0 Å². The van der Waals surface area contributed by atoms with Gasteiger partial charge in [-0.15, -0.1) is 0 Å². The van der Waals surface area contributed by atoms with Crippen LogP contribution in [-0.4, -0.2) is 29.5 Å². The van der Waals surface area contributed by atoms with Crippen molar-refractivity contribution in [3.05, 3.63) is 0 Å². The first-order valence-electron chi connectivity index (χ1n) is 5.92. The van der Waals surface area contributed by atoms with Crippen LogP contribution in [0.25, 0.3) is 0 Å². The van der Waals surface area contributed by atoms with E-state index in [9.17, 15) is 4.79 Å². The van der Waals surface area contributed by atoms with E-state index in [4.69, 9.17) is 13.3 Å². The monoisotopic (exact) mass is 246 g/mol. The van der Waals surface area contributed by atoms with Gasteiger partial charge in [-0.3, -0.25) is 4.79 Å². The predicted molar refractivity (Wildman–Crippen MR) is 62.9 cm³/mol. The molecule has 0 heterocycles. The first kappa shape index (κ1) is 13.7. The normalized spacial score (nSPS) is 20.4. The number of hydrogen-bond acceptors (Lipinski definition) is 4. The highest BCUT2D eigenvalue weighted by Gasteiger charge is 2.50. The quantitative estimate of drug-likeness (QED) is 0.533. The summed E-state index contributed by atoms with van der Waals surface area (Å²) in [4.78, 5) is 10.6. The van der Waals surface area contributed by atoms with Crippen LogP contribution in [0, 0.1) is 5.92 Å². The molecule has 1 aliphatic carbocycles. The molecule has 0 bridgehead atoms. The first-order valence-corrected chi connectivity index (χ1v) is 7.72. The highest BCUT2D eigenvalue weighted by Crippen LogP contribution is 2.39. The number of carbonyl (C=O) groups excluding carboxylic acids is 1. The average molecular weight is 246 g/mol. The van der Waals surface area contributed by atoms with Crippen LogP contribution in [0.1, 0.15) is 39.0 Å². The van der Waals surface area contributed by atoms with Crippen molar-refractivity contribution in [1.29, 1.82) is 0 Å². The molecule has 0 aromatic carbocycles. The third-order valence-electron chi connectivity index (χ3n) is 3.70. The summed E-state index contributed by atoms with van der Waals surface area (Å²) in [6.07, 6.45) is 6.20. The molecule has 5 heteroatoms. The summed E-state index contributed by atoms with van der Waals surface area (Å²) in [5, 5.41) is 0. The second kappa shape index (κ2) is 6.37. The molecule has 0 amide bonds. The molecule has 1 atom stereocenters. The molecule has 94 valence electrons. The standard InChI is InChI=1S/C11H22O4Si/c1-10(11-7-5-4-6-8-11)16(13-2,14-3)15-9-12/h9-11H,4-8H2,1-3H3. The Kier molecular flexibility index (Phi) is 5.44. The number of rotatable bonds is 6. The van der Waals surface area contributed by atoms with Crippen LogP contribution in [0.15, 0.2) is 0 Å². The van der Waals surface area contributed by atoms with Gasteiger partial charge in [0, 0.05) is 19.8 Å². The molecular weight excluding hydrogens is 224 g/mol. The minimum atomic E-state index is -2.80. The first-order chi connectivity index (χ1) is 7.70. The Hall–Kier alpha value is -0.393. The van der Waals surface area contributed by atoms with Gasteiger partial charge in [0.2, 0.25) is 0 Å². The fourth-order valence-corrected chi connectivity index (χ4v) is 5.01. The highest BCUT2D eigenvalue weighted by molar-refractivity contribution is 6.63. The van der Waals surface area contributed by atoms with Crippen LogP contribution in [0.2, 0.25) is 5.54 Å². The van der Waals surface area contributed by atoms with Gasteiger partial charge in [-0.05, 0) is 5.92 Å². The van der Waals surface area contributed by atoms with Crippen molar-refractivity contribution in [2.45, 2.75) is 44.6 Å². The molecule has 1 rings (SSSR count). The Balaban J connectivity index is 2.71. The molecule has 16 heavy (non-hydrogen) atoms. The summed E-state index contributed by atoms with van der Waals surface area (Å²) >= 11 is 0. The summed E-state index contributed by atoms with van der Waals surface area (Å²) in [5.41, 5.74) is 0.188. The molecule has 0 saturated heterocycles. The zero-order valence-corrected chi connectivity index (χ0v) is 11.4. The molecule has 0 radical (unpaired) electrons. The molecule has 0 aliphatic heterocycles. The predicted octanol–water partition coefficient (Wildman–Crippen LogP) is 2.36. The summed E-state index contributed by atoms with van der Waals surface area (Å²) in [5.74, 6) is 0.556. The molecule has 0 spiro atoms. The van der Waals surface area contributed by atoms with Crippen LogP contribution >= 0.6 is 0 Å². The molecule has 0 aromatic heterocycles. The minimum Gasteiger partial charge on any atom is -0.475 e. The fourth-order valence-electron chi connectivity index (χ4n) is 2.65. The summed E-state index contributed by atoms with van der Waals surface area (Å²) in [7, 11) is 0.334. The Morgan fingerprint density at radius 3 is 2.19 bits per heavy atom. The third kappa shape index (κ3) is 2.84. The molecule has 4 nitrogen and oxygen atoms in total. The third-order valence-corrected chi connectivity index (χ3v) is 6.85. The van der Waals surface area contributed by atoms with Crippen molar-refractivity contribution >= 4 is 15.3 Å². The molecule has 1 fully saturated rings. The lowest BCUT2D eigenvalue weighted by molar-refractivity contribution is -0.125. The number of hydrogen-bond donors (Lipinski definition) is 0. The van der Waals surface area contributed by atoms with Crippen LogP contribution in [0.4, 0.5) is 0 Å². The lowest BCUT2D eigenvalue weighted by atomic mass is 9.87. The Morgan fingerprint density at radius 1 is 1.19 bits per heavy atom. The van der Waals surface area contributed by atoms with E-state index in [1.807, 2.05) is 0 Å². The molecule has 1 saturated carbocycles. The van der Waals surface area contributed by atoms with Gasteiger partial charge in [0.25, 0.3) is 6.47 Å². The topological polar surface area (TPSA) is 44.8 Å². The Morgan fingerprint density at radius 2 is 1.75 bits per heavy atom. The van der Waals surface area contributed by atoms with Crippen LogP contribution in [0.3, 0.4) is 0 Å². The second-order valence-electron chi connectivity index (χ2n) is 4.41. The van der Waals surface area contributed by atoms with Gasteiger partial charge >= 0.3 is 8.80 Å². The number of carbonyl (C=O) groups is 1. The fraction of sp³-hybridized carbons (Fsp3) is 0.909. The van der Waals surface area contributed by atoms with Gasteiger partial charge in [-0.2, -0.15) is 0 Å². The van der Waals surface area contributed by atoms with Gasteiger partial charge < -0.3 is 13.3 Å². The molecule has 1 aliphatic rings. The van der Waals surface area contributed by atoms with Crippen LogP contribution < -0.4 is 0 Å². The Labute approximate surface area is 98.6 Å². The highest BCUT2D eigenvalue weighted by atomic mass is 28.4. The summed E-state index contributed by atoms with van der Waals surface area (Å²) in [6.45, 7) is 2.54. The van der Waals surface area contributed by atoms with E-state index < -0.39 is 8.80 Å². The smallest absolute Gasteiger partial charge is 0.475 e. The maximum absolute atomic E-state index is 10.6. The minimum absolute atomic E-state index is 0.188. The van der Waals surface area contributed by atoms with E-state index in [2.05, 4.69) is 6.92 Å². The van der Waals surface area contributed by atoms with Crippen molar-refractivity contribution in [3.63, 3.8) is 0 Å². The van der Waals surface area contributed by atoms with E-state index in [1.165, 1.54) is 32.1 Å². The zero-order chi connectivity index (χ0) is 12.0. The van der Waals surface area contributed by atoms with Crippen molar-refractivity contribution in [3.8, 4) is 0 Å². The van der Waals surface area contributed by atoms with E-state index in [1.54, 1.807) is 14.2 Å². The lowest BCUT2D eigenvalue weighted by Gasteiger charge is -2.35. The van der Waals surface area contributed by atoms with Crippen molar-refractivity contribution in [1.82, 2.24) is 0 Å². The van der Waals surface area contributed by atoms with Crippen molar-refractivity contribution in [2.24, 2.45) is 5.92 Å². The molecular formula is C11H22O4Si. The van der Waals surface area contributed by atoms with Gasteiger partial charge in [0.05, 0.1) is 0 Å². The largest absolute Gasteiger partial charge is 0.570 e. The van der Waals surface area contributed by atoms with Crippen LogP contribution in [0.5, 0.6) is 0 Å². The molecule has 1 unspecified atom stereocenters. The van der Waals surface area contributed by atoms with Gasteiger partial charge in [0.1, 0.15) is 0 Å².